The first kappa shape index (κ1) is 18.2. The van der Waals surface area contributed by atoms with Gasteiger partial charge in [-0.1, -0.05) is 30.1 Å². The second kappa shape index (κ2) is 9.22. The molecule has 23 heavy (non-hydrogen) atoms. The van der Waals surface area contributed by atoms with Crippen molar-refractivity contribution >= 4 is 11.5 Å². The third kappa shape index (κ3) is 6.62. The molecule has 118 valence electrons. The SMILES string of the molecule is C\C=C/C=C\C(C)=N\C=C(/C)C#Cc1cc(C(C)=O)ccc1O. The van der Waals surface area contributed by atoms with Crippen molar-refractivity contribution in [3.8, 4) is 17.6 Å². The van der Waals surface area contributed by atoms with Gasteiger partial charge in [-0.05, 0) is 52.0 Å². The summed E-state index contributed by atoms with van der Waals surface area (Å²) in [5, 5.41) is 9.79. The Balaban J connectivity index is 2.94. The number of allylic oxidation sites excluding steroid dienone is 5. The molecule has 1 N–H and O–H groups in total. The molecule has 0 aliphatic carbocycles. The molecule has 0 atom stereocenters. The lowest BCUT2D eigenvalue weighted by molar-refractivity contribution is 0.101. The summed E-state index contributed by atoms with van der Waals surface area (Å²) in [7, 11) is 0. The number of nitrogens with zero attached hydrogens (tertiary/aromatic N) is 1. The van der Waals surface area contributed by atoms with Crippen LogP contribution < -0.4 is 0 Å². The molecule has 0 fully saturated rings. The van der Waals surface area contributed by atoms with Crippen LogP contribution in [0.4, 0.5) is 0 Å². The number of rotatable bonds is 4. The highest BCUT2D eigenvalue weighted by molar-refractivity contribution is 5.94. The summed E-state index contributed by atoms with van der Waals surface area (Å²) in [4.78, 5) is 15.7. The number of phenolic OH excluding ortho intramolecular Hbond substituents is 1. The molecule has 0 aromatic heterocycles. The van der Waals surface area contributed by atoms with E-state index in [4.69, 9.17) is 0 Å². The Hall–Kier alpha value is -2.86. The fourth-order valence-electron chi connectivity index (χ4n) is 1.60. The van der Waals surface area contributed by atoms with Gasteiger partial charge in [0.25, 0.3) is 0 Å². The lowest BCUT2D eigenvalue weighted by Gasteiger charge is -1.99. The number of carbonyl (C=O) groups excluding carboxylic acids is 1. The molecule has 0 saturated carbocycles. The molecule has 1 rings (SSSR count). The largest absolute Gasteiger partial charge is 0.507 e. The van der Waals surface area contributed by atoms with Gasteiger partial charge >= 0.3 is 0 Å². The van der Waals surface area contributed by atoms with Gasteiger partial charge in [0.1, 0.15) is 5.75 Å². The Morgan fingerprint density at radius 3 is 2.61 bits per heavy atom. The number of benzene rings is 1. The average Bonchev–Trinajstić information content (AvgIpc) is 2.52. The third-order valence-corrected chi connectivity index (χ3v) is 2.90. The van der Waals surface area contributed by atoms with E-state index >= 15 is 0 Å². The highest BCUT2D eigenvalue weighted by atomic mass is 16.3. The van der Waals surface area contributed by atoms with Crippen molar-refractivity contribution in [1.82, 2.24) is 0 Å². The molecular weight excluding hydrogens is 286 g/mol. The first-order chi connectivity index (χ1) is 10.9. The molecule has 1 aromatic carbocycles. The number of Topliss-reactive ketones (excluding diaryl/α,β-unsaturated/α-hetero) is 1. The van der Waals surface area contributed by atoms with E-state index in [0.29, 0.717) is 11.1 Å². The zero-order valence-corrected chi connectivity index (χ0v) is 13.9. The molecule has 0 radical (unpaired) electrons. The zero-order valence-electron chi connectivity index (χ0n) is 13.9. The van der Waals surface area contributed by atoms with Crippen LogP contribution in [-0.4, -0.2) is 16.6 Å². The molecule has 3 nitrogen and oxygen atoms in total. The molecule has 0 aliphatic heterocycles. The van der Waals surface area contributed by atoms with Crippen LogP contribution >= 0.6 is 0 Å². The van der Waals surface area contributed by atoms with Crippen molar-refractivity contribution < 1.29 is 9.90 Å². The fourth-order valence-corrected chi connectivity index (χ4v) is 1.60. The van der Waals surface area contributed by atoms with Crippen LogP contribution in [0.25, 0.3) is 0 Å². The standard InChI is InChI=1S/C20H21NO2/c1-5-6-7-8-16(3)21-14-15(2)9-10-19-13-18(17(4)22)11-12-20(19)23/h5-8,11-14,23H,1-4H3/b6-5-,8-7-,15-14+,21-16+. The van der Waals surface area contributed by atoms with Crippen LogP contribution in [-0.2, 0) is 0 Å². The van der Waals surface area contributed by atoms with Crippen molar-refractivity contribution in [3.63, 3.8) is 0 Å². The second-order valence-corrected chi connectivity index (χ2v) is 5.01. The molecule has 0 heterocycles. The number of hydrogen-bond donors (Lipinski definition) is 1. The number of phenols is 1. The van der Waals surface area contributed by atoms with Gasteiger partial charge in [-0.2, -0.15) is 0 Å². The maximum absolute atomic E-state index is 11.4. The molecule has 1 aromatic rings. The van der Waals surface area contributed by atoms with E-state index in [0.717, 1.165) is 11.3 Å². The quantitative estimate of drug-likeness (QED) is 0.387. The minimum Gasteiger partial charge on any atom is -0.507 e. The summed E-state index contributed by atoms with van der Waals surface area (Å²) in [5.41, 5.74) is 2.58. The van der Waals surface area contributed by atoms with Gasteiger partial charge in [0, 0.05) is 23.0 Å². The van der Waals surface area contributed by atoms with Gasteiger partial charge in [-0.25, -0.2) is 0 Å². The Kier molecular flexibility index (Phi) is 7.29. The number of aliphatic imine (C=N–C) groups is 1. The lowest BCUT2D eigenvalue weighted by Crippen LogP contribution is -1.92. The molecule has 3 heteroatoms. The van der Waals surface area contributed by atoms with Crippen molar-refractivity contribution in [3.05, 3.63) is 65.4 Å². The number of hydrogen-bond acceptors (Lipinski definition) is 3. The maximum atomic E-state index is 11.4. The number of ketones is 1. The van der Waals surface area contributed by atoms with Crippen LogP contribution in [0.2, 0.25) is 0 Å². The third-order valence-electron chi connectivity index (χ3n) is 2.90. The summed E-state index contributed by atoms with van der Waals surface area (Å²) < 4.78 is 0. The predicted octanol–water partition coefficient (Wildman–Crippen LogP) is 4.44. The summed E-state index contributed by atoms with van der Waals surface area (Å²) in [5.74, 6) is 5.79. The highest BCUT2D eigenvalue weighted by Crippen LogP contribution is 2.17. The minimum absolute atomic E-state index is 0.0595. The van der Waals surface area contributed by atoms with Gasteiger partial charge in [-0.3, -0.25) is 9.79 Å². The van der Waals surface area contributed by atoms with Crippen LogP contribution in [0.15, 0.2) is 59.3 Å². The molecule has 0 unspecified atom stereocenters. The van der Waals surface area contributed by atoms with Gasteiger partial charge in [0.15, 0.2) is 5.78 Å². The first-order valence-corrected chi connectivity index (χ1v) is 7.30. The van der Waals surface area contributed by atoms with E-state index < -0.39 is 0 Å². The summed E-state index contributed by atoms with van der Waals surface area (Å²) in [6, 6.07) is 4.65. The van der Waals surface area contributed by atoms with Crippen LogP contribution in [0.1, 0.15) is 43.6 Å². The molecule has 0 spiro atoms. The van der Waals surface area contributed by atoms with E-state index in [1.54, 1.807) is 18.3 Å². The average molecular weight is 307 g/mol. The van der Waals surface area contributed by atoms with Gasteiger partial charge in [0.2, 0.25) is 0 Å². The topological polar surface area (TPSA) is 49.7 Å². The van der Waals surface area contributed by atoms with Crippen LogP contribution in [0, 0.1) is 11.8 Å². The van der Waals surface area contributed by atoms with Crippen molar-refractivity contribution in [2.45, 2.75) is 27.7 Å². The Bertz CT molecular complexity index is 754. The predicted molar refractivity (Wildman–Crippen MR) is 95.8 cm³/mol. The van der Waals surface area contributed by atoms with Gasteiger partial charge in [-0.15, -0.1) is 0 Å². The molecule has 0 amide bonds. The van der Waals surface area contributed by atoms with E-state index in [2.05, 4.69) is 16.8 Å². The number of carbonyl (C=O) groups is 1. The molecule has 0 aliphatic rings. The van der Waals surface area contributed by atoms with Crippen LogP contribution in [0.5, 0.6) is 5.75 Å². The number of aromatic hydroxyl groups is 1. The molecule has 0 bridgehead atoms. The second-order valence-electron chi connectivity index (χ2n) is 5.01. The van der Waals surface area contributed by atoms with E-state index in [1.807, 2.05) is 45.1 Å². The lowest BCUT2D eigenvalue weighted by atomic mass is 10.1. The van der Waals surface area contributed by atoms with E-state index in [-0.39, 0.29) is 11.5 Å². The molecular formula is C20H21NO2. The summed E-state index contributed by atoms with van der Waals surface area (Å²) in [6.07, 6.45) is 9.37. The zero-order chi connectivity index (χ0) is 17.2. The Labute approximate surface area is 137 Å². The maximum Gasteiger partial charge on any atom is 0.159 e. The minimum atomic E-state index is -0.0616. The van der Waals surface area contributed by atoms with Crippen molar-refractivity contribution in [2.24, 2.45) is 4.99 Å². The Morgan fingerprint density at radius 2 is 1.96 bits per heavy atom. The van der Waals surface area contributed by atoms with Crippen LogP contribution in [0.3, 0.4) is 0 Å². The van der Waals surface area contributed by atoms with Crippen molar-refractivity contribution in [1.29, 1.82) is 0 Å². The van der Waals surface area contributed by atoms with Crippen molar-refractivity contribution in [2.75, 3.05) is 0 Å². The summed E-state index contributed by atoms with van der Waals surface area (Å²) in [6.45, 7) is 7.17. The highest BCUT2D eigenvalue weighted by Gasteiger charge is 2.03. The molecule has 0 saturated heterocycles. The summed E-state index contributed by atoms with van der Waals surface area (Å²) >= 11 is 0. The van der Waals surface area contributed by atoms with Gasteiger partial charge in [0.05, 0.1) is 5.56 Å². The Morgan fingerprint density at radius 1 is 1.22 bits per heavy atom. The normalized spacial score (nSPS) is 12.5. The fraction of sp³-hybridized carbons (Fsp3) is 0.200. The monoisotopic (exact) mass is 307 g/mol. The first-order valence-electron chi connectivity index (χ1n) is 7.30. The van der Waals surface area contributed by atoms with Gasteiger partial charge < -0.3 is 5.11 Å². The van der Waals surface area contributed by atoms with E-state index in [1.165, 1.54) is 13.0 Å². The smallest absolute Gasteiger partial charge is 0.159 e. The van der Waals surface area contributed by atoms with E-state index in [9.17, 15) is 9.90 Å².